The van der Waals surface area contributed by atoms with Gasteiger partial charge in [-0.05, 0) is 18.2 Å². The van der Waals surface area contributed by atoms with E-state index >= 15 is 0 Å². The maximum absolute atomic E-state index is 14.0. The van der Waals surface area contributed by atoms with Gasteiger partial charge in [-0.25, -0.2) is 4.39 Å². The number of para-hydroxylation sites is 1. The molecule has 1 amide bonds. The Labute approximate surface area is 129 Å². The zero-order valence-corrected chi connectivity index (χ0v) is 11.8. The molecule has 23 heavy (non-hydrogen) atoms. The van der Waals surface area contributed by atoms with Crippen LogP contribution >= 0.6 is 0 Å². The Morgan fingerprint density at radius 1 is 1.04 bits per heavy atom. The highest BCUT2D eigenvalue weighted by molar-refractivity contribution is 6.01. The molecule has 3 nitrogen and oxygen atoms in total. The lowest BCUT2D eigenvalue weighted by Gasteiger charge is -2.38. The Bertz CT molecular complexity index is 745. The first-order valence-electron chi connectivity index (χ1n) is 6.84. The molecule has 0 bridgehead atoms. The summed E-state index contributed by atoms with van der Waals surface area (Å²) < 4.78 is 52.6. The quantitative estimate of drug-likeness (QED) is 0.848. The van der Waals surface area contributed by atoms with Gasteiger partial charge in [0, 0.05) is 11.3 Å². The summed E-state index contributed by atoms with van der Waals surface area (Å²) in [6.07, 6.45) is -5.81. The number of anilines is 1. The lowest BCUT2D eigenvalue weighted by Crippen LogP contribution is -2.47. The van der Waals surface area contributed by atoms with Crippen LogP contribution in [0.3, 0.4) is 0 Å². The number of hydrogen-bond acceptors (Lipinski definition) is 2. The molecule has 120 valence electrons. The highest BCUT2D eigenvalue weighted by Crippen LogP contribution is 2.35. The molecule has 0 fully saturated rings. The van der Waals surface area contributed by atoms with Crippen LogP contribution in [0.2, 0.25) is 0 Å². The summed E-state index contributed by atoms with van der Waals surface area (Å²) in [4.78, 5) is 13.1. The second-order valence-electron chi connectivity index (χ2n) is 5.16. The van der Waals surface area contributed by atoms with E-state index < -0.39 is 30.6 Å². The van der Waals surface area contributed by atoms with E-state index in [9.17, 15) is 22.4 Å². The van der Waals surface area contributed by atoms with Crippen molar-refractivity contribution < 1.29 is 22.4 Å². The first kappa shape index (κ1) is 15.3. The van der Waals surface area contributed by atoms with Crippen LogP contribution < -0.4 is 5.32 Å². The van der Waals surface area contributed by atoms with Gasteiger partial charge in [-0.1, -0.05) is 30.3 Å². The molecule has 7 heteroatoms. The lowest BCUT2D eigenvalue weighted by atomic mass is 10.0. The van der Waals surface area contributed by atoms with E-state index in [1.165, 1.54) is 24.3 Å². The Morgan fingerprint density at radius 2 is 1.70 bits per heavy atom. The van der Waals surface area contributed by atoms with Gasteiger partial charge < -0.3 is 10.2 Å². The lowest BCUT2D eigenvalue weighted by molar-refractivity contribution is -0.144. The maximum Gasteiger partial charge on any atom is 0.406 e. The second kappa shape index (κ2) is 5.57. The zero-order chi connectivity index (χ0) is 16.6. The molecule has 1 heterocycles. The molecule has 2 aromatic rings. The van der Waals surface area contributed by atoms with Crippen LogP contribution in [0.4, 0.5) is 23.2 Å². The molecule has 0 aromatic heterocycles. The minimum atomic E-state index is -4.59. The summed E-state index contributed by atoms with van der Waals surface area (Å²) in [5, 5.41) is 2.82. The van der Waals surface area contributed by atoms with E-state index in [4.69, 9.17) is 0 Å². The molecule has 0 aliphatic carbocycles. The Kier molecular flexibility index (Phi) is 3.71. The van der Waals surface area contributed by atoms with Gasteiger partial charge >= 0.3 is 6.18 Å². The fourth-order valence-electron chi connectivity index (χ4n) is 2.59. The highest BCUT2D eigenvalue weighted by Gasteiger charge is 2.41. The van der Waals surface area contributed by atoms with Gasteiger partial charge in [-0.15, -0.1) is 0 Å². The van der Waals surface area contributed by atoms with E-state index in [1.807, 2.05) is 0 Å². The minimum absolute atomic E-state index is 0.0143. The van der Waals surface area contributed by atoms with E-state index in [0.29, 0.717) is 10.6 Å². The van der Waals surface area contributed by atoms with Crippen molar-refractivity contribution in [2.75, 3.05) is 11.9 Å². The number of benzene rings is 2. The average Bonchev–Trinajstić information content (AvgIpc) is 2.50. The van der Waals surface area contributed by atoms with Crippen molar-refractivity contribution in [3.8, 4) is 0 Å². The fourth-order valence-corrected chi connectivity index (χ4v) is 2.59. The SMILES string of the molecule is O=C1c2ccccc2NC(c2ccccc2F)N1CC(F)(F)F. The predicted molar refractivity (Wildman–Crippen MR) is 76.3 cm³/mol. The van der Waals surface area contributed by atoms with E-state index in [-0.39, 0.29) is 11.1 Å². The van der Waals surface area contributed by atoms with Crippen LogP contribution in [0.25, 0.3) is 0 Å². The van der Waals surface area contributed by atoms with Crippen molar-refractivity contribution in [1.29, 1.82) is 0 Å². The number of alkyl halides is 3. The monoisotopic (exact) mass is 324 g/mol. The zero-order valence-electron chi connectivity index (χ0n) is 11.8. The molecule has 2 aromatic carbocycles. The van der Waals surface area contributed by atoms with Crippen LogP contribution in [0.1, 0.15) is 22.1 Å². The minimum Gasteiger partial charge on any atom is -0.361 e. The smallest absolute Gasteiger partial charge is 0.361 e. The van der Waals surface area contributed by atoms with Crippen molar-refractivity contribution >= 4 is 11.6 Å². The van der Waals surface area contributed by atoms with E-state index in [0.717, 1.165) is 6.07 Å². The molecule has 1 atom stereocenters. The molecule has 0 radical (unpaired) electrons. The third-order valence-electron chi connectivity index (χ3n) is 3.57. The number of fused-ring (bicyclic) bond motifs is 1. The number of amides is 1. The van der Waals surface area contributed by atoms with Crippen molar-refractivity contribution in [3.05, 3.63) is 65.5 Å². The number of rotatable bonds is 2. The topological polar surface area (TPSA) is 32.3 Å². The van der Waals surface area contributed by atoms with Gasteiger partial charge in [-0.2, -0.15) is 13.2 Å². The van der Waals surface area contributed by atoms with Crippen LogP contribution in [-0.4, -0.2) is 23.5 Å². The normalized spacial score (nSPS) is 17.7. The molecule has 3 rings (SSSR count). The van der Waals surface area contributed by atoms with Gasteiger partial charge in [0.2, 0.25) is 0 Å². The molecule has 1 aliphatic rings. The number of nitrogens with one attached hydrogen (secondary N) is 1. The average molecular weight is 324 g/mol. The largest absolute Gasteiger partial charge is 0.406 e. The first-order valence-corrected chi connectivity index (χ1v) is 6.84. The third kappa shape index (κ3) is 2.99. The van der Waals surface area contributed by atoms with E-state index in [2.05, 4.69) is 5.32 Å². The number of hydrogen-bond donors (Lipinski definition) is 1. The molecule has 1 unspecified atom stereocenters. The predicted octanol–water partition coefficient (Wildman–Crippen LogP) is 3.95. The molecular weight excluding hydrogens is 312 g/mol. The van der Waals surface area contributed by atoms with Crippen LogP contribution in [-0.2, 0) is 0 Å². The van der Waals surface area contributed by atoms with Crippen molar-refractivity contribution in [2.45, 2.75) is 12.3 Å². The van der Waals surface area contributed by atoms with Gasteiger partial charge in [0.15, 0.2) is 0 Å². The summed E-state index contributed by atoms with van der Waals surface area (Å²) in [5.41, 5.74) is 0.494. The summed E-state index contributed by atoms with van der Waals surface area (Å²) in [5.74, 6) is -1.46. The van der Waals surface area contributed by atoms with Crippen molar-refractivity contribution in [1.82, 2.24) is 4.90 Å². The van der Waals surface area contributed by atoms with Gasteiger partial charge in [0.1, 0.15) is 18.5 Å². The molecule has 1 N–H and O–H groups in total. The van der Waals surface area contributed by atoms with E-state index in [1.54, 1.807) is 18.2 Å². The first-order chi connectivity index (χ1) is 10.9. The molecule has 0 saturated carbocycles. The maximum atomic E-state index is 14.0. The number of carbonyl (C=O) groups excluding carboxylic acids is 1. The molecular formula is C16H12F4N2O. The Hall–Kier alpha value is -2.57. The van der Waals surface area contributed by atoms with Crippen LogP contribution in [0.15, 0.2) is 48.5 Å². The summed E-state index contributed by atoms with van der Waals surface area (Å²) in [6.45, 7) is -1.47. The van der Waals surface area contributed by atoms with Gasteiger partial charge in [0.05, 0.1) is 5.56 Å². The number of nitrogens with zero attached hydrogens (tertiary/aromatic N) is 1. The number of carbonyl (C=O) groups is 1. The van der Waals surface area contributed by atoms with Gasteiger partial charge in [0.25, 0.3) is 5.91 Å². The summed E-state index contributed by atoms with van der Waals surface area (Å²) >= 11 is 0. The summed E-state index contributed by atoms with van der Waals surface area (Å²) in [7, 11) is 0. The highest BCUT2D eigenvalue weighted by atomic mass is 19.4. The number of halogens is 4. The van der Waals surface area contributed by atoms with Crippen LogP contribution in [0, 0.1) is 5.82 Å². The standard InChI is InChI=1S/C16H12F4N2O/c17-12-7-3-1-5-10(12)14-21-13-8-4-2-6-11(13)15(23)22(14)9-16(18,19)20/h1-8,14,21H,9H2. The molecule has 0 saturated heterocycles. The second-order valence-corrected chi connectivity index (χ2v) is 5.16. The molecule has 0 spiro atoms. The fraction of sp³-hybridized carbons (Fsp3) is 0.188. The third-order valence-corrected chi connectivity index (χ3v) is 3.57. The van der Waals surface area contributed by atoms with Crippen LogP contribution in [0.5, 0.6) is 0 Å². The van der Waals surface area contributed by atoms with Crippen molar-refractivity contribution in [2.24, 2.45) is 0 Å². The summed E-state index contributed by atoms with van der Waals surface area (Å²) in [6, 6.07) is 11.7. The molecule has 1 aliphatic heterocycles. The Balaban J connectivity index is 2.08. The Morgan fingerprint density at radius 3 is 2.39 bits per heavy atom. The van der Waals surface area contributed by atoms with Crippen molar-refractivity contribution in [3.63, 3.8) is 0 Å². The van der Waals surface area contributed by atoms with Gasteiger partial charge in [-0.3, -0.25) is 4.79 Å².